The smallest absolute Gasteiger partial charge is 0.335 e. The number of rotatable bonds is 11. The predicted molar refractivity (Wildman–Crippen MR) is 179 cm³/mol. The fraction of sp³-hybridized carbons (Fsp3) is 0.229. The van der Waals surface area contributed by atoms with Crippen LogP contribution in [0.2, 0.25) is 10.0 Å². The number of carbonyl (C=O) groups is 3. The summed E-state index contributed by atoms with van der Waals surface area (Å²) < 4.78 is 5.41. The van der Waals surface area contributed by atoms with Gasteiger partial charge in [-0.25, -0.2) is 9.59 Å². The first-order valence-electron chi connectivity index (χ1n) is 14.5. The molecule has 0 saturated carbocycles. The minimum Gasteiger partial charge on any atom is -0.495 e. The van der Waals surface area contributed by atoms with Gasteiger partial charge < -0.3 is 30.5 Å². The molecule has 1 heterocycles. The minimum atomic E-state index is -1.11. The van der Waals surface area contributed by atoms with Crippen molar-refractivity contribution in [3.63, 3.8) is 0 Å². The highest BCUT2D eigenvalue weighted by atomic mass is 35.5. The van der Waals surface area contributed by atoms with Crippen molar-refractivity contribution in [3.8, 4) is 5.75 Å². The number of amides is 1. The lowest BCUT2D eigenvalue weighted by Gasteiger charge is -2.40. The van der Waals surface area contributed by atoms with E-state index >= 15 is 0 Å². The molecule has 238 valence electrons. The van der Waals surface area contributed by atoms with E-state index in [0.29, 0.717) is 28.8 Å². The third-order valence-corrected chi connectivity index (χ3v) is 9.15. The van der Waals surface area contributed by atoms with Crippen LogP contribution in [0.5, 0.6) is 5.75 Å². The highest BCUT2D eigenvalue weighted by Gasteiger charge is 2.50. The van der Waals surface area contributed by atoms with Crippen molar-refractivity contribution in [3.05, 3.63) is 123 Å². The molecule has 0 unspecified atom stereocenters. The topological polar surface area (TPSA) is 128 Å². The number of carboxylic acid groups (broad SMARTS) is 2. The van der Waals surface area contributed by atoms with Gasteiger partial charge in [0, 0.05) is 40.2 Å². The molecule has 3 atom stereocenters. The zero-order valence-electron chi connectivity index (χ0n) is 25.4. The summed E-state index contributed by atoms with van der Waals surface area (Å²) >= 11 is 13.5. The molecular formula is C35H33Cl2N3O6. The van der Waals surface area contributed by atoms with Crippen LogP contribution < -0.4 is 20.3 Å². The van der Waals surface area contributed by atoms with Gasteiger partial charge >= 0.3 is 11.9 Å². The average molecular weight is 663 g/mol. The van der Waals surface area contributed by atoms with Gasteiger partial charge in [-0.3, -0.25) is 4.79 Å². The number of hydrogen-bond donors (Lipinski definition) is 4. The summed E-state index contributed by atoms with van der Waals surface area (Å²) in [6.45, 7) is 3.06. The molecule has 0 saturated heterocycles. The van der Waals surface area contributed by atoms with Gasteiger partial charge in [-0.15, -0.1) is 0 Å². The Hall–Kier alpha value is -4.57. The number of anilines is 2. The molecule has 5 rings (SSSR count). The van der Waals surface area contributed by atoms with Gasteiger partial charge in [0.2, 0.25) is 5.91 Å². The molecule has 1 amide bonds. The van der Waals surface area contributed by atoms with E-state index in [-0.39, 0.29) is 22.8 Å². The maximum Gasteiger partial charge on any atom is 0.335 e. The summed E-state index contributed by atoms with van der Waals surface area (Å²) in [4.78, 5) is 39.4. The van der Waals surface area contributed by atoms with Crippen molar-refractivity contribution in [2.75, 3.05) is 30.9 Å². The number of ether oxygens (including phenoxy) is 1. The maximum absolute atomic E-state index is 14.2. The van der Waals surface area contributed by atoms with E-state index in [1.807, 2.05) is 36.4 Å². The SMILES string of the molecule is CN[C@@H](C(=O)Nc1ccc(C(=O)O)cc1OC)[C@H](c1ccccc1Cl)[C@@]1(C)CN(Cc2ccc(C(=O)O)cc2)c2ccc(Cl)cc21. The molecule has 0 spiro atoms. The molecule has 0 bridgehead atoms. The maximum atomic E-state index is 14.2. The first-order chi connectivity index (χ1) is 22.0. The van der Waals surface area contributed by atoms with Crippen LogP contribution in [0, 0.1) is 0 Å². The molecule has 9 nitrogen and oxygen atoms in total. The fourth-order valence-electron chi connectivity index (χ4n) is 6.39. The fourth-order valence-corrected chi connectivity index (χ4v) is 6.82. The predicted octanol–water partition coefficient (Wildman–Crippen LogP) is 6.69. The molecule has 46 heavy (non-hydrogen) atoms. The molecule has 4 aromatic carbocycles. The van der Waals surface area contributed by atoms with Gasteiger partial charge in [0.05, 0.1) is 30.0 Å². The molecule has 0 aromatic heterocycles. The van der Waals surface area contributed by atoms with Gasteiger partial charge in [-0.1, -0.05) is 60.5 Å². The Balaban J connectivity index is 1.58. The van der Waals surface area contributed by atoms with Crippen molar-refractivity contribution in [2.24, 2.45) is 0 Å². The van der Waals surface area contributed by atoms with E-state index in [0.717, 1.165) is 22.4 Å². The van der Waals surface area contributed by atoms with Crippen LogP contribution in [0.25, 0.3) is 0 Å². The molecule has 0 fully saturated rings. The molecule has 1 aliphatic rings. The molecule has 1 aliphatic heterocycles. The summed E-state index contributed by atoms with van der Waals surface area (Å²) in [5.74, 6) is -2.79. The number of nitrogens with one attached hydrogen (secondary N) is 2. The number of nitrogens with zero attached hydrogens (tertiary/aromatic N) is 1. The molecule has 11 heteroatoms. The van der Waals surface area contributed by atoms with Crippen LogP contribution in [0.4, 0.5) is 11.4 Å². The lowest BCUT2D eigenvalue weighted by Crippen LogP contribution is -2.51. The molecular weight excluding hydrogens is 629 g/mol. The zero-order chi connectivity index (χ0) is 33.2. The molecule has 0 radical (unpaired) electrons. The largest absolute Gasteiger partial charge is 0.495 e. The summed E-state index contributed by atoms with van der Waals surface area (Å²) in [5.41, 5.74) is 3.39. The third kappa shape index (κ3) is 6.39. The normalized spacial score (nSPS) is 16.8. The summed E-state index contributed by atoms with van der Waals surface area (Å²) in [6.07, 6.45) is 0. The number of likely N-dealkylation sites (N-methyl/N-ethyl adjacent to an activating group) is 1. The van der Waals surface area contributed by atoms with Crippen LogP contribution in [0.15, 0.2) is 84.9 Å². The Morgan fingerprint density at radius 2 is 1.61 bits per heavy atom. The van der Waals surface area contributed by atoms with Gasteiger partial charge in [-0.05, 0) is 78.3 Å². The quantitative estimate of drug-likeness (QED) is 0.140. The second-order valence-corrected chi connectivity index (χ2v) is 12.3. The number of carbonyl (C=O) groups excluding carboxylic acids is 1. The third-order valence-electron chi connectivity index (χ3n) is 8.57. The Morgan fingerprint density at radius 3 is 2.24 bits per heavy atom. The van der Waals surface area contributed by atoms with E-state index in [1.165, 1.54) is 25.3 Å². The summed E-state index contributed by atoms with van der Waals surface area (Å²) in [7, 11) is 3.11. The van der Waals surface area contributed by atoms with Crippen LogP contribution in [0.3, 0.4) is 0 Å². The number of hydrogen-bond acceptors (Lipinski definition) is 6. The van der Waals surface area contributed by atoms with E-state index < -0.39 is 29.3 Å². The monoisotopic (exact) mass is 661 g/mol. The van der Waals surface area contributed by atoms with Crippen molar-refractivity contribution in [1.29, 1.82) is 0 Å². The van der Waals surface area contributed by atoms with Gasteiger partial charge in [0.1, 0.15) is 5.75 Å². The van der Waals surface area contributed by atoms with Gasteiger partial charge in [-0.2, -0.15) is 0 Å². The molecule has 4 N–H and O–H groups in total. The Labute approximate surface area is 276 Å². The first kappa shape index (κ1) is 32.8. The van der Waals surface area contributed by atoms with Gasteiger partial charge in [0.25, 0.3) is 0 Å². The van der Waals surface area contributed by atoms with Gasteiger partial charge in [0.15, 0.2) is 0 Å². The van der Waals surface area contributed by atoms with Crippen LogP contribution in [-0.2, 0) is 16.8 Å². The Morgan fingerprint density at radius 1 is 0.935 bits per heavy atom. The first-order valence-corrected chi connectivity index (χ1v) is 15.2. The van der Waals surface area contributed by atoms with E-state index in [4.69, 9.17) is 27.9 Å². The van der Waals surface area contributed by atoms with Crippen LogP contribution in [0.1, 0.15) is 50.2 Å². The number of aromatic carboxylic acids is 2. The van der Waals surface area contributed by atoms with E-state index in [1.54, 1.807) is 37.4 Å². The van der Waals surface area contributed by atoms with E-state index in [9.17, 15) is 24.6 Å². The van der Waals surface area contributed by atoms with Crippen molar-refractivity contribution in [1.82, 2.24) is 5.32 Å². The number of halogens is 2. The average Bonchev–Trinajstić information content (AvgIpc) is 3.31. The summed E-state index contributed by atoms with van der Waals surface area (Å²) in [5, 5.41) is 26.0. The van der Waals surface area contributed by atoms with Crippen LogP contribution >= 0.6 is 23.2 Å². The summed E-state index contributed by atoms with van der Waals surface area (Å²) in [6, 6.07) is 23.3. The number of fused-ring (bicyclic) bond motifs is 1. The van der Waals surface area contributed by atoms with E-state index in [2.05, 4.69) is 22.5 Å². The molecule has 4 aromatic rings. The van der Waals surface area contributed by atoms with Crippen LogP contribution in [-0.4, -0.2) is 54.8 Å². The lowest BCUT2D eigenvalue weighted by molar-refractivity contribution is -0.119. The second kappa shape index (κ2) is 13.4. The second-order valence-electron chi connectivity index (χ2n) is 11.4. The highest BCUT2D eigenvalue weighted by molar-refractivity contribution is 6.31. The molecule has 0 aliphatic carbocycles. The highest BCUT2D eigenvalue weighted by Crippen LogP contribution is 2.52. The standard InChI is InChI=1S/C35H33Cl2N3O6/c1-35(19-40(28-15-13-23(36)17-25(28)35)18-20-8-10-21(11-9-20)33(42)43)30(24-6-4-5-7-26(24)37)31(38-2)32(41)39-27-14-12-22(34(44)45)16-29(27)46-3/h4-17,30-31,38H,18-19H2,1-3H3,(H,39,41)(H,42,43)(H,44,45)/t30-,31+,35-/m0/s1. The lowest BCUT2D eigenvalue weighted by atomic mass is 9.66. The number of carboxylic acids is 2. The van der Waals surface area contributed by atoms with Crippen molar-refractivity contribution >= 4 is 52.4 Å². The zero-order valence-corrected chi connectivity index (χ0v) is 26.9. The Bertz CT molecular complexity index is 1800. The minimum absolute atomic E-state index is 0.0265. The Kier molecular flexibility index (Phi) is 9.58. The van der Waals surface area contributed by atoms with Crippen molar-refractivity contribution in [2.45, 2.75) is 30.8 Å². The number of methoxy groups -OCH3 is 1. The van der Waals surface area contributed by atoms with Crippen molar-refractivity contribution < 1.29 is 29.3 Å². The number of benzene rings is 4.